The van der Waals surface area contributed by atoms with E-state index in [-0.39, 0.29) is 38.8 Å². The van der Waals surface area contributed by atoms with Crippen LogP contribution in [0, 0.1) is 0 Å². The molecule has 0 aliphatic heterocycles. The molecule has 9 heteroatoms. The molecule has 9 nitrogen and oxygen atoms in total. The molecule has 0 spiro atoms. The third-order valence-corrected chi connectivity index (χ3v) is 7.87. The molecule has 0 radical (unpaired) electrons. The van der Waals surface area contributed by atoms with Crippen molar-refractivity contribution >= 4 is 23.9 Å². The Morgan fingerprint density at radius 3 is 1.17 bits per heavy atom. The molecule has 1 unspecified atom stereocenters. The van der Waals surface area contributed by atoms with Crippen LogP contribution in [0.5, 0.6) is 0 Å². The van der Waals surface area contributed by atoms with Crippen LogP contribution in [0.2, 0.25) is 0 Å². The molecule has 0 aliphatic carbocycles. The van der Waals surface area contributed by atoms with Gasteiger partial charge in [-0.3, -0.25) is 9.59 Å². The molecule has 46 heavy (non-hydrogen) atoms. The third-order valence-electron chi connectivity index (χ3n) is 7.87. The lowest BCUT2D eigenvalue weighted by Gasteiger charge is -2.18. The minimum absolute atomic E-state index is 0.183. The number of hydrogen-bond donors (Lipinski definition) is 0. The molecule has 0 rings (SSSR count). The molecule has 0 N–H and O–H groups in total. The lowest BCUT2D eigenvalue weighted by atomic mass is 10.1. The van der Waals surface area contributed by atoms with Crippen LogP contribution in [0.1, 0.15) is 175 Å². The molecule has 0 heterocycles. The van der Waals surface area contributed by atoms with Crippen molar-refractivity contribution in [2.75, 3.05) is 33.0 Å². The quantitative estimate of drug-likeness (QED) is 0.0380. The Hall–Kier alpha value is -2.16. The van der Waals surface area contributed by atoms with Gasteiger partial charge >= 0.3 is 23.9 Å². The summed E-state index contributed by atoms with van der Waals surface area (Å²) < 4.78 is 25.8. The highest BCUT2D eigenvalue weighted by molar-refractivity contribution is 5.73. The minimum atomic E-state index is -0.907. The molecule has 0 amide bonds. The van der Waals surface area contributed by atoms with Crippen LogP contribution >= 0.6 is 0 Å². The maximum absolute atomic E-state index is 12.5. The fourth-order valence-electron chi connectivity index (χ4n) is 5.13. The Balaban J connectivity index is 4.34. The van der Waals surface area contributed by atoms with Crippen molar-refractivity contribution in [2.45, 2.75) is 181 Å². The van der Waals surface area contributed by atoms with Gasteiger partial charge in [-0.15, -0.1) is 0 Å². The summed E-state index contributed by atoms with van der Waals surface area (Å²) in [4.78, 5) is 48.3. The fourth-order valence-corrected chi connectivity index (χ4v) is 5.13. The van der Waals surface area contributed by atoms with E-state index in [0.717, 1.165) is 38.5 Å². The number of ether oxygens (including phenoxy) is 5. The highest BCUT2D eigenvalue weighted by atomic mass is 16.6. The predicted octanol–water partition coefficient (Wildman–Crippen LogP) is 8.97. The molecule has 0 aromatic heterocycles. The standard InChI is InChI=1S/C37H68O9/c1-4-7-9-11-13-15-17-19-21-23-25-27-34(38)44-29-33(30-45-37(41)32-42-31-36(40)43-6-3)46-35(39)28-26-24-22-20-18-16-14-12-10-8-5-2/h33H,4-32H2,1-3H3. The zero-order chi connectivity index (χ0) is 33.9. The van der Waals surface area contributed by atoms with Crippen molar-refractivity contribution in [2.24, 2.45) is 0 Å². The van der Waals surface area contributed by atoms with Crippen LogP contribution in [0.3, 0.4) is 0 Å². The summed E-state index contributed by atoms with van der Waals surface area (Å²) in [6, 6.07) is 0. The maximum Gasteiger partial charge on any atom is 0.332 e. The first-order valence-corrected chi connectivity index (χ1v) is 18.7. The number of hydrogen-bond acceptors (Lipinski definition) is 9. The molecular weight excluding hydrogens is 588 g/mol. The summed E-state index contributed by atoms with van der Waals surface area (Å²) in [5, 5.41) is 0. The number of carbonyl (C=O) groups is 4. The molecule has 0 aromatic carbocycles. The second-order valence-electron chi connectivity index (χ2n) is 12.3. The van der Waals surface area contributed by atoms with Gasteiger partial charge in [-0.2, -0.15) is 0 Å². The average Bonchev–Trinajstić information content (AvgIpc) is 3.03. The minimum Gasteiger partial charge on any atom is -0.464 e. The van der Waals surface area contributed by atoms with Crippen molar-refractivity contribution in [1.82, 2.24) is 0 Å². The van der Waals surface area contributed by atoms with Gasteiger partial charge in [-0.1, -0.05) is 142 Å². The first-order chi connectivity index (χ1) is 22.4. The van der Waals surface area contributed by atoms with Crippen molar-refractivity contribution in [3.63, 3.8) is 0 Å². The third kappa shape index (κ3) is 31.8. The molecular formula is C37H68O9. The second kappa shape index (κ2) is 34.2. The second-order valence-corrected chi connectivity index (χ2v) is 12.3. The lowest BCUT2D eigenvalue weighted by molar-refractivity contribution is -0.169. The van der Waals surface area contributed by atoms with Gasteiger partial charge in [-0.05, 0) is 19.8 Å². The van der Waals surface area contributed by atoms with Crippen LogP contribution in [0.15, 0.2) is 0 Å². The van der Waals surface area contributed by atoms with Crippen molar-refractivity contribution in [1.29, 1.82) is 0 Å². The van der Waals surface area contributed by atoms with E-state index in [1.807, 2.05) is 0 Å². The van der Waals surface area contributed by atoms with Crippen molar-refractivity contribution < 1.29 is 42.9 Å². The number of esters is 4. The van der Waals surface area contributed by atoms with E-state index in [9.17, 15) is 19.2 Å². The van der Waals surface area contributed by atoms with Gasteiger partial charge in [0.05, 0.1) is 6.61 Å². The number of rotatable bonds is 34. The Kier molecular flexibility index (Phi) is 32.6. The Morgan fingerprint density at radius 2 is 0.761 bits per heavy atom. The monoisotopic (exact) mass is 656 g/mol. The van der Waals surface area contributed by atoms with Gasteiger partial charge in [0.25, 0.3) is 0 Å². The summed E-state index contributed by atoms with van der Waals surface area (Å²) in [6.45, 7) is 5.10. The SMILES string of the molecule is CCCCCCCCCCCCCC(=O)OCC(COC(=O)COCC(=O)OCC)OC(=O)CCCCCCCCCCCCC. The van der Waals surface area contributed by atoms with E-state index in [4.69, 9.17) is 23.7 Å². The molecule has 0 bridgehead atoms. The smallest absolute Gasteiger partial charge is 0.332 e. The highest BCUT2D eigenvalue weighted by Gasteiger charge is 2.20. The van der Waals surface area contributed by atoms with Crippen LogP contribution in [0.4, 0.5) is 0 Å². The van der Waals surface area contributed by atoms with E-state index in [1.54, 1.807) is 6.92 Å². The molecule has 0 saturated carbocycles. The molecule has 0 aliphatic rings. The number of unbranched alkanes of at least 4 members (excludes halogenated alkanes) is 20. The number of carbonyl (C=O) groups excluding carboxylic acids is 4. The Labute approximate surface area is 280 Å². The largest absolute Gasteiger partial charge is 0.464 e. The first-order valence-electron chi connectivity index (χ1n) is 18.7. The summed E-state index contributed by atoms with van der Waals surface area (Å²) in [7, 11) is 0. The van der Waals surface area contributed by atoms with Gasteiger partial charge in [-0.25, -0.2) is 9.59 Å². The topological polar surface area (TPSA) is 114 Å². The Bertz CT molecular complexity index is 740. The fraction of sp³-hybridized carbons (Fsp3) is 0.892. The summed E-state index contributed by atoms with van der Waals surface area (Å²) >= 11 is 0. The van der Waals surface area contributed by atoms with Crippen molar-refractivity contribution in [3.05, 3.63) is 0 Å². The van der Waals surface area contributed by atoms with Crippen LogP contribution < -0.4 is 0 Å². The Morgan fingerprint density at radius 1 is 0.413 bits per heavy atom. The van der Waals surface area contributed by atoms with Crippen LogP contribution in [-0.2, 0) is 42.9 Å². The normalized spacial score (nSPS) is 11.6. The van der Waals surface area contributed by atoms with E-state index >= 15 is 0 Å². The molecule has 0 aromatic rings. The molecule has 1 atom stereocenters. The average molecular weight is 657 g/mol. The van der Waals surface area contributed by atoms with Gasteiger partial charge in [0.1, 0.15) is 26.4 Å². The first kappa shape index (κ1) is 43.8. The van der Waals surface area contributed by atoms with E-state index in [0.29, 0.717) is 6.42 Å². The van der Waals surface area contributed by atoms with Crippen LogP contribution in [-0.4, -0.2) is 63.0 Å². The lowest BCUT2D eigenvalue weighted by Crippen LogP contribution is -2.31. The zero-order valence-electron chi connectivity index (χ0n) is 29.8. The van der Waals surface area contributed by atoms with Gasteiger partial charge in [0.2, 0.25) is 0 Å². The van der Waals surface area contributed by atoms with Crippen molar-refractivity contribution in [3.8, 4) is 0 Å². The summed E-state index contributed by atoms with van der Waals surface area (Å²) in [5.41, 5.74) is 0. The molecule has 0 saturated heterocycles. The molecule has 0 fully saturated rings. The van der Waals surface area contributed by atoms with Gasteiger partial charge in [0, 0.05) is 12.8 Å². The predicted molar refractivity (Wildman–Crippen MR) is 181 cm³/mol. The maximum atomic E-state index is 12.5. The van der Waals surface area contributed by atoms with Gasteiger partial charge < -0.3 is 23.7 Å². The van der Waals surface area contributed by atoms with E-state index in [1.165, 1.54) is 103 Å². The summed E-state index contributed by atoms with van der Waals surface area (Å²) in [5.74, 6) is -2.05. The van der Waals surface area contributed by atoms with Gasteiger partial charge in [0.15, 0.2) is 6.10 Å². The van der Waals surface area contributed by atoms with Crippen LogP contribution in [0.25, 0.3) is 0 Å². The zero-order valence-corrected chi connectivity index (χ0v) is 29.8. The molecule has 270 valence electrons. The highest BCUT2D eigenvalue weighted by Crippen LogP contribution is 2.14. The summed E-state index contributed by atoms with van der Waals surface area (Å²) in [6.07, 6.45) is 25.8. The van der Waals surface area contributed by atoms with E-state index in [2.05, 4.69) is 13.8 Å². The van der Waals surface area contributed by atoms with E-state index < -0.39 is 30.6 Å².